The van der Waals surface area contributed by atoms with Gasteiger partial charge in [-0.1, -0.05) is 11.6 Å². The molecule has 1 fully saturated rings. The van der Waals surface area contributed by atoms with E-state index in [-0.39, 0.29) is 18.4 Å². The van der Waals surface area contributed by atoms with Gasteiger partial charge in [0, 0.05) is 16.2 Å². The summed E-state index contributed by atoms with van der Waals surface area (Å²) in [6, 6.07) is 4.66. The van der Waals surface area contributed by atoms with Crippen LogP contribution < -0.4 is 16.4 Å². The lowest BCUT2D eigenvalue weighted by molar-refractivity contribution is -0.125. The molecule has 0 bridgehead atoms. The molecule has 2 amide bonds. The molecule has 20 heavy (non-hydrogen) atoms. The quantitative estimate of drug-likeness (QED) is 0.726. The molecule has 1 aromatic carbocycles. The van der Waals surface area contributed by atoms with Crippen LogP contribution in [0, 0.1) is 0 Å². The first kappa shape index (κ1) is 15.1. The molecule has 0 spiro atoms. The van der Waals surface area contributed by atoms with Crippen molar-refractivity contribution in [3.05, 3.63) is 27.7 Å². The van der Waals surface area contributed by atoms with Crippen LogP contribution in [-0.2, 0) is 9.59 Å². The Hall–Kier alpha value is -1.27. The number of amides is 2. The monoisotopic (exact) mass is 359 g/mol. The van der Waals surface area contributed by atoms with E-state index in [4.69, 9.17) is 17.3 Å². The number of hydrogen-bond acceptors (Lipinski definition) is 3. The first-order chi connectivity index (χ1) is 9.45. The van der Waals surface area contributed by atoms with Crippen molar-refractivity contribution in [1.29, 1.82) is 0 Å². The number of rotatable bonds is 6. The average Bonchev–Trinajstić information content (AvgIpc) is 3.16. The van der Waals surface area contributed by atoms with Crippen molar-refractivity contribution in [2.75, 3.05) is 5.32 Å². The standard InChI is InChI=1S/C13H15BrClN3O2/c14-9-5-8(3-4-10(9)15)17-11(13(16)20)6-12(19)18-7-1-2-7/h3-5,7,11,17H,1-2,6H2,(H2,16,20)(H,18,19). The maximum absolute atomic E-state index is 11.7. The Morgan fingerprint density at radius 1 is 1.45 bits per heavy atom. The number of nitrogens with one attached hydrogen (secondary N) is 2. The van der Waals surface area contributed by atoms with Crippen LogP contribution in [0.1, 0.15) is 19.3 Å². The van der Waals surface area contributed by atoms with Crippen molar-refractivity contribution >= 4 is 45.0 Å². The number of primary amides is 1. The summed E-state index contributed by atoms with van der Waals surface area (Å²) in [5.41, 5.74) is 6.00. The summed E-state index contributed by atoms with van der Waals surface area (Å²) in [6.45, 7) is 0. The van der Waals surface area contributed by atoms with Gasteiger partial charge in [0.25, 0.3) is 0 Å². The Morgan fingerprint density at radius 3 is 2.70 bits per heavy atom. The number of halogens is 2. The van der Waals surface area contributed by atoms with Crippen molar-refractivity contribution in [3.8, 4) is 0 Å². The molecule has 1 aliphatic carbocycles. The lowest BCUT2D eigenvalue weighted by Crippen LogP contribution is -2.40. The summed E-state index contributed by atoms with van der Waals surface area (Å²) in [5.74, 6) is -0.737. The number of benzene rings is 1. The van der Waals surface area contributed by atoms with E-state index in [1.807, 2.05) is 0 Å². The van der Waals surface area contributed by atoms with Gasteiger partial charge in [-0.05, 0) is 47.0 Å². The number of carbonyl (C=O) groups excluding carboxylic acids is 2. The number of anilines is 1. The minimum Gasteiger partial charge on any atom is -0.373 e. The summed E-state index contributed by atoms with van der Waals surface area (Å²) in [4.78, 5) is 23.2. The summed E-state index contributed by atoms with van der Waals surface area (Å²) in [7, 11) is 0. The summed E-state index contributed by atoms with van der Waals surface area (Å²) in [6.07, 6.45) is 2.03. The van der Waals surface area contributed by atoms with Gasteiger partial charge in [0.1, 0.15) is 6.04 Å². The third kappa shape index (κ3) is 4.38. The van der Waals surface area contributed by atoms with Gasteiger partial charge >= 0.3 is 0 Å². The fraction of sp³-hybridized carbons (Fsp3) is 0.385. The predicted molar refractivity (Wildman–Crippen MR) is 81.5 cm³/mol. The molecular weight excluding hydrogens is 346 g/mol. The molecule has 108 valence electrons. The minimum atomic E-state index is -0.748. The highest BCUT2D eigenvalue weighted by atomic mass is 79.9. The van der Waals surface area contributed by atoms with Crippen molar-refractivity contribution in [2.24, 2.45) is 5.73 Å². The van der Waals surface area contributed by atoms with Crippen molar-refractivity contribution in [1.82, 2.24) is 5.32 Å². The molecule has 7 heteroatoms. The highest BCUT2D eigenvalue weighted by Crippen LogP contribution is 2.26. The third-order valence-corrected chi connectivity index (χ3v) is 4.15. The van der Waals surface area contributed by atoms with E-state index in [0.717, 1.165) is 12.8 Å². The fourth-order valence-corrected chi connectivity index (χ4v) is 2.21. The molecule has 5 nitrogen and oxygen atoms in total. The highest BCUT2D eigenvalue weighted by molar-refractivity contribution is 9.10. The Morgan fingerprint density at radius 2 is 2.15 bits per heavy atom. The first-order valence-electron chi connectivity index (χ1n) is 6.26. The van der Waals surface area contributed by atoms with Gasteiger partial charge in [0.05, 0.1) is 11.4 Å². The van der Waals surface area contributed by atoms with Crippen LogP contribution in [-0.4, -0.2) is 23.9 Å². The van der Waals surface area contributed by atoms with Crippen LogP contribution in [0.5, 0.6) is 0 Å². The average molecular weight is 361 g/mol. The smallest absolute Gasteiger partial charge is 0.240 e. The van der Waals surface area contributed by atoms with E-state index in [0.29, 0.717) is 15.2 Å². The first-order valence-corrected chi connectivity index (χ1v) is 7.43. The third-order valence-electron chi connectivity index (χ3n) is 2.94. The molecule has 0 heterocycles. The zero-order valence-electron chi connectivity index (χ0n) is 10.7. The Balaban J connectivity index is 1.98. The van der Waals surface area contributed by atoms with Crippen molar-refractivity contribution in [2.45, 2.75) is 31.3 Å². The van der Waals surface area contributed by atoms with Gasteiger partial charge in [-0.3, -0.25) is 9.59 Å². The maximum Gasteiger partial charge on any atom is 0.240 e. The van der Waals surface area contributed by atoms with Crippen LogP contribution in [0.25, 0.3) is 0 Å². The van der Waals surface area contributed by atoms with E-state index in [9.17, 15) is 9.59 Å². The topological polar surface area (TPSA) is 84.2 Å². The van der Waals surface area contributed by atoms with Gasteiger partial charge in [0.15, 0.2) is 0 Å². The summed E-state index contributed by atoms with van der Waals surface area (Å²) in [5, 5.41) is 6.34. The van der Waals surface area contributed by atoms with Gasteiger partial charge in [-0.15, -0.1) is 0 Å². The van der Waals surface area contributed by atoms with Crippen LogP contribution in [0.4, 0.5) is 5.69 Å². The van der Waals surface area contributed by atoms with E-state index in [2.05, 4.69) is 26.6 Å². The molecule has 1 atom stereocenters. The largest absolute Gasteiger partial charge is 0.373 e. The second-order valence-corrected chi connectivity index (χ2v) is 6.04. The Bertz CT molecular complexity index is 534. The van der Waals surface area contributed by atoms with Crippen LogP contribution in [0.2, 0.25) is 5.02 Å². The second kappa shape index (κ2) is 6.45. The maximum atomic E-state index is 11.7. The zero-order chi connectivity index (χ0) is 14.7. The number of nitrogens with two attached hydrogens (primary N) is 1. The van der Waals surface area contributed by atoms with E-state index in [1.54, 1.807) is 18.2 Å². The summed E-state index contributed by atoms with van der Waals surface area (Å²) >= 11 is 9.20. The van der Waals surface area contributed by atoms with Crippen molar-refractivity contribution in [3.63, 3.8) is 0 Å². The molecule has 1 saturated carbocycles. The SMILES string of the molecule is NC(=O)C(CC(=O)NC1CC1)Nc1ccc(Cl)c(Br)c1. The molecule has 1 aliphatic rings. The lowest BCUT2D eigenvalue weighted by atomic mass is 10.1. The van der Waals surface area contributed by atoms with Gasteiger partial charge in [-0.25, -0.2) is 0 Å². The molecule has 0 aromatic heterocycles. The van der Waals surface area contributed by atoms with Crippen LogP contribution in [0.3, 0.4) is 0 Å². The molecule has 2 rings (SSSR count). The van der Waals surface area contributed by atoms with Crippen LogP contribution >= 0.6 is 27.5 Å². The Kier molecular flexibility index (Phi) is 4.88. The van der Waals surface area contributed by atoms with E-state index in [1.165, 1.54) is 0 Å². The predicted octanol–water partition coefficient (Wildman–Crippen LogP) is 2.04. The highest BCUT2D eigenvalue weighted by Gasteiger charge is 2.26. The molecule has 1 aromatic rings. The molecule has 0 aliphatic heterocycles. The second-order valence-electron chi connectivity index (χ2n) is 4.77. The normalized spacial score (nSPS) is 15.5. The molecular formula is C13H15BrClN3O2. The van der Waals surface area contributed by atoms with E-state index < -0.39 is 11.9 Å². The summed E-state index contributed by atoms with van der Waals surface area (Å²) < 4.78 is 0.704. The minimum absolute atomic E-state index is 0.0199. The molecule has 0 saturated heterocycles. The van der Waals surface area contributed by atoms with Gasteiger partial charge < -0.3 is 16.4 Å². The zero-order valence-corrected chi connectivity index (χ0v) is 13.0. The molecule has 4 N–H and O–H groups in total. The van der Waals surface area contributed by atoms with Gasteiger partial charge in [-0.2, -0.15) is 0 Å². The van der Waals surface area contributed by atoms with Gasteiger partial charge in [0.2, 0.25) is 11.8 Å². The van der Waals surface area contributed by atoms with Crippen LogP contribution in [0.15, 0.2) is 22.7 Å². The molecule has 1 unspecified atom stereocenters. The number of hydrogen-bond donors (Lipinski definition) is 3. The fourth-order valence-electron chi connectivity index (χ4n) is 1.71. The van der Waals surface area contributed by atoms with E-state index >= 15 is 0 Å². The lowest BCUT2D eigenvalue weighted by Gasteiger charge is -2.17. The number of carbonyl (C=O) groups is 2. The molecule has 0 radical (unpaired) electrons. The Labute approximate surface area is 130 Å². The van der Waals surface area contributed by atoms with Crippen molar-refractivity contribution < 1.29 is 9.59 Å².